The number of aromatic nitrogens is 1. The highest BCUT2D eigenvalue weighted by molar-refractivity contribution is 7.23. The number of carbonyl (C=O) groups is 2. The van der Waals surface area contributed by atoms with Gasteiger partial charge in [0, 0.05) is 17.7 Å². The van der Waals surface area contributed by atoms with Crippen molar-refractivity contribution in [3.05, 3.63) is 73.6 Å². The van der Waals surface area contributed by atoms with Gasteiger partial charge in [0.05, 0.1) is 32.3 Å². The maximum Gasteiger partial charge on any atom is 0.348 e. The number of nitrogens with one attached hydrogen (secondary N) is 1. The van der Waals surface area contributed by atoms with E-state index in [-0.39, 0.29) is 22.9 Å². The number of anilines is 1. The van der Waals surface area contributed by atoms with Gasteiger partial charge in [-0.2, -0.15) is 0 Å². The SMILES string of the molecule is CCOC(=O)c1sc(NC(=O)c2cc([N+](=O)[O-])ccc2Cl)c(-c2nc3ccccc3s2)c1C. The number of nitro benzene ring substituents is 1. The van der Waals surface area contributed by atoms with Gasteiger partial charge in [-0.05, 0) is 37.6 Å². The number of nitrogens with zero attached hydrogens (tertiary/aromatic N) is 2. The molecule has 33 heavy (non-hydrogen) atoms. The molecule has 0 aliphatic rings. The molecule has 4 aromatic rings. The van der Waals surface area contributed by atoms with Crippen LogP contribution in [0.3, 0.4) is 0 Å². The topological polar surface area (TPSA) is 111 Å². The van der Waals surface area contributed by atoms with Crippen LogP contribution in [0.15, 0.2) is 42.5 Å². The minimum Gasteiger partial charge on any atom is -0.462 e. The summed E-state index contributed by atoms with van der Waals surface area (Å²) in [5.74, 6) is -1.14. The Bertz CT molecular complexity index is 1380. The third kappa shape index (κ3) is 4.45. The lowest BCUT2D eigenvalue weighted by atomic mass is 10.1. The Kier molecular flexibility index (Phi) is 6.41. The van der Waals surface area contributed by atoms with E-state index in [9.17, 15) is 19.7 Å². The van der Waals surface area contributed by atoms with Gasteiger partial charge in [0.15, 0.2) is 0 Å². The first-order valence-corrected chi connectivity index (χ1v) is 11.7. The second-order valence-electron chi connectivity index (χ2n) is 6.84. The Hall–Kier alpha value is -3.34. The molecule has 0 spiro atoms. The number of thiazole rings is 1. The van der Waals surface area contributed by atoms with Gasteiger partial charge in [-0.15, -0.1) is 22.7 Å². The van der Waals surface area contributed by atoms with E-state index < -0.39 is 16.8 Å². The third-order valence-corrected chi connectivity index (χ3v) is 7.32. The van der Waals surface area contributed by atoms with Crippen molar-refractivity contribution in [3.63, 3.8) is 0 Å². The lowest BCUT2D eigenvalue weighted by Crippen LogP contribution is -2.12. The molecule has 0 saturated carbocycles. The summed E-state index contributed by atoms with van der Waals surface area (Å²) in [4.78, 5) is 41.1. The molecule has 0 saturated heterocycles. The van der Waals surface area contributed by atoms with Crippen LogP contribution in [0.4, 0.5) is 10.7 Å². The lowest BCUT2D eigenvalue weighted by Gasteiger charge is -2.07. The first-order valence-electron chi connectivity index (χ1n) is 9.71. The standard InChI is InChI=1S/C22H16ClN3O5S2/c1-3-31-22(28)18-11(2)17(20-24-15-6-4-5-7-16(15)32-20)21(33-18)25-19(27)13-10-12(26(29)30)8-9-14(13)23/h4-10H,3H2,1-2H3,(H,25,27). The van der Waals surface area contributed by atoms with Crippen LogP contribution in [0.1, 0.15) is 32.5 Å². The molecule has 2 aromatic heterocycles. The van der Waals surface area contributed by atoms with E-state index in [2.05, 4.69) is 10.3 Å². The highest BCUT2D eigenvalue weighted by Crippen LogP contribution is 2.44. The van der Waals surface area contributed by atoms with Crippen LogP contribution >= 0.6 is 34.3 Å². The fourth-order valence-corrected chi connectivity index (χ4v) is 5.64. The molecule has 0 aliphatic heterocycles. The smallest absolute Gasteiger partial charge is 0.348 e. The summed E-state index contributed by atoms with van der Waals surface area (Å²) in [5, 5.41) is 15.0. The molecule has 4 rings (SSSR count). The summed E-state index contributed by atoms with van der Waals surface area (Å²) in [6.07, 6.45) is 0. The molecule has 168 valence electrons. The maximum atomic E-state index is 13.0. The van der Waals surface area contributed by atoms with E-state index in [0.717, 1.165) is 27.6 Å². The van der Waals surface area contributed by atoms with Gasteiger partial charge in [-0.25, -0.2) is 9.78 Å². The largest absolute Gasteiger partial charge is 0.462 e. The molecule has 0 fully saturated rings. The molecule has 0 unspecified atom stereocenters. The highest BCUT2D eigenvalue weighted by atomic mass is 35.5. The van der Waals surface area contributed by atoms with Crippen molar-refractivity contribution in [1.82, 2.24) is 4.98 Å². The zero-order valence-electron chi connectivity index (χ0n) is 17.4. The number of para-hydroxylation sites is 1. The monoisotopic (exact) mass is 501 g/mol. The van der Waals surface area contributed by atoms with Crippen molar-refractivity contribution in [2.45, 2.75) is 13.8 Å². The van der Waals surface area contributed by atoms with Crippen molar-refractivity contribution in [2.24, 2.45) is 0 Å². The minimum atomic E-state index is -0.636. The number of halogens is 1. The molecular weight excluding hydrogens is 486 g/mol. The zero-order chi connectivity index (χ0) is 23.7. The quantitative estimate of drug-likeness (QED) is 0.188. The van der Waals surface area contributed by atoms with Crippen molar-refractivity contribution in [1.29, 1.82) is 0 Å². The van der Waals surface area contributed by atoms with E-state index in [1.165, 1.54) is 23.5 Å². The average Bonchev–Trinajstić information content (AvgIpc) is 3.34. The minimum absolute atomic E-state index is 0.0511. The van der Waals surface area contributed by atoms with Crippen LogP contribution in [-0.2, 0) is 4.74 Å². The number of non-ortho nitro benzene ring substituents is 1. The zero-order valence-corrected chi connectivity index (χ0v) is 19.8. The Morgan fingerprint density at radius 3 is 2.67 bits per heavy atom. The van der Waals surface area contributed by atoms with Gasteiger partial charge >= 0.3 is 5.97 Å². The van der Waals surface area contributed by atoms with E-state index in [1.807, 2.05) is 24.3 Å². The van der Waals surface area contributed by atoms with Crippen molar-refractivity contribution >= 4 is 67.1 Å². The predicted molar refractivity (Wildman–Crippen MR) is 130 cm³/mol. The number of carbonyl (C=O) groups excluding carboxylic acids is 2. The Morgan fingerprint density at radius 1 is 1.21 bits per heavy atom. The van der Waals surface area contributed by atoms with Gasteiger partial charge < -0.3 is 10.1 Å². The van der Waals surface area contributed by atoms with Crippen LogP contribution < -0.4 is 5.32 Å². The molecule has 0 bridgehead atoms. The number of rotatable bonds is 6. The summed E-state index contributed by atoms with van der Waals surface area (Å²) in [6, 6.07) is 11.2. The summed E-state index contributed by atoms with van der Waals surface area (Å²) in [5.41, 5.74) is 1.70. The van der Waals surface area contributed by atoms with Gasteiger partial charge in [0.2, 0.25) is 0 Å². The van der Waals surface area contributed by atoms with Crippen LogP contribution in [-0.4, -0.2) is 28.4 Å². The van der Waals surface area contributed by atoms with Crippen molar-refractivity contribution in [3.8, 4) is 10.6 Å². The van der Waals surface area contributed by atoms with Crippen LogP contribution in [0.2, 0.25) is 5.02 Å². The van der Waals surface area contributed by atoms with Gasteiger partial charge in [0.25, 0.3) is 11.6 Å². The summed E-state index contributed by atoms with van der Waals surface area (Å²) < 4.78 is 6.12. The molecule has 2 heterocycles. The number of thiophene rings is 1. The summed E-state index contributed by atoms with van der Waals surface area (Å²) >= 11 is 8.62. The van der Waals surface area contributed by atoms with E-state index in [4.69, 9.17) is 16.3 Å². The first-order chi connectivity index (χ1) is 15.8. The molecule has 1 amide bonds. The molecule has 8 nitrogen and oxygen atoms in total. The van der Waals surface area contributed by atoms with Crippen molar-refractivity contribution in [2.75, 3.05) is 11.9 Å². The highest BCUT2D eigenvalue weighted by Gasteiger charge is 2.26. The molecule has 2 aromatic carbocycles. The molecule has 0 atom stereocenters. The second kappa shape index (κ2) is 9.26. The average molecular weight is 502 g/mol. The Balaban J connectivity index is 1.81. The molecular formula is C22H16ClN3O5S2. The van der Waals surface area contributed by atoms with Crippen LogP contribution in [0.25, 0.3) is 20.8 Å². The number of benzene rings is 2. The number of ether oxygens (including phenoxy) is 1. The maximum absolute atomic E-state index is 13.0. The second-order valence-corrected chi connectivity index (χ2v) is 9.30. The van der Waals surface area contributed by atoms with E-state index in [0.29, 0.717) is 26.0 Å². The number of hydrogen-bond donors (Lipinski definition) is 1. The Morgan fingerprint density at radius 2 is 1.97 bits per heavy atom. The molecule has 0 radical (unpaired) electrons. The van der Waals surface area contributed by atoms with Gasteiger partial charge in [-0.1, -0.05) is 23.7 Å². The van der Waals surface area contributed by atoms with Crippen molar-refractivity contribution < 1.29 is 19.2 Å². The van der Waals surface area contributed by atoms with Crippen LogP contribution in [0, 0.1) is 17.0 Å². The number of esters is 1. The third-order valence-electron chi connectivity index (χ3n) is 4.75. The normalized spacial score (nSPS) is 10.9. The van der Waals surface area contributed by atoms with Crippen LogP contribution in [0.5, 0.6) is 0 Å². The number of nitro groups is 1. The summed E-state index contributed by atoms with van der Waals surface area (Å²) in [7, 11) is 0. The Labute approximate surface area is 200 Å². The molecule has 1 N–H and O–H groups in total. The lowest BCUT2D eigenvalue weighted by molar-refractivity contribution is -0.384. The van der Waals surface area contributed by atoms with E-state index in [1.54, 1.807) is 13.8 Å². The first kappa shape index (κ1) is 22.8. The van der Waals surface area contributed by atoms with Gasteiger partial charge in [-0.3, -0.25) is 14.9 Å². The fraction of sp³-hybridized carbons (Fsp3) is 0.136. The summed E-state index contributed by atoms with van der Waals surface area (Å²) in [6.45, 7) is 3.68. The number of hydrogen-bond acceptors (Lipinski definition) is 8. The fourth-order valence-electron chi connectivity index (χ4n) is 3.20. The number of fused-ring (bicyclic) bond motifs is 1. The number of amides is 1. The van der Waals surface area contributed by atoms with Gasteiger partial charge in [0.1, 0.15) is 14.9 Å². The molecule has 0 aliphatic carbocycles. The predicted octanol–water partition coefficient (Wildman–Crippen LogP) is 6.32. The van der Waals surface area contributed by atoms with E-state index >= 15 is 0 Å². The molecule has 11 heteroatoms.